The third-order valence-electron chi connectivity index (χ3n) is 4.71. The number of nitrogens with one attached hydrogen (secondary N) is 1. The summed E-state index contributed by atoms with van der Waals surface area (Å²) in [5, 5.41) is 17.9. The highest BCUT2D eigenvalue weighted by atomic mass is 19.1. The van der Waals surface area contributed by atoms with Gasteiger partial charge in [-0.15, -0.1) is 0 Å². The van der Waals surface area contributed by atoms with Crippen molar-refractivity contribution in [2.24, 2.45) is 0 Å². The van der Waals surface area contributed by atoms with E-state index in [0.717, 1.165) is 22.0 Å². The molecule has 0 aliphatic carbocycles. The van der Waals surface area contributed by atoms with Gasteiger partial charge in [-0.25, -0.2) is 4.39 Å². The summed E-state index contributed by atoms with van der Waals surface area (Å²) in [6.45, 7) is 0.300. The number of rotatable bonds is 3. The molecule has 4 rings (SSSR count). The second-order valence-corrected chi connectivity index (χ2v) is 6.47. The Hall–Kier alpha value is -2.73. The van der Waals surface area contributed by atoms with Gasteiger partial charge in [-0.1, -0.05) is 18.2 Å². The van der Waals surface area contributed by atoms with Gasteiger partial charge in [0.2, 0.25) is 5.91 Å². The molecule has 0 unspecified atom stereocenters. The molecular formula is C19H18FN3O2. The number of aromatic nitrogens is 2. The van der Waals surface area contributed by atoms with Gasteiger partial charge in [0.1, 0.15) is 5.82 Å². The van der Waals surface area contributed by atoms with E-state index in [9.17, 15) is 14.3 Å². The standard InChI is InChI=1S/C19H18FN3O2/c20-15-4-2-13(3-5-15)18-9-16(24)11-23(18)19(25)8-12-1-6-17-14(7-12)10-21-22-17/h1-7,10,16,18,24H,8-9,11H2,(H,21,22)/t16-,18+/m1/s1. The minimum Gasteiger partial charge on any atom is -0.391 e. The summed E-state index contributed by atoms with van der Waals surface area (Å²) < 4.78 is 13.2. The minimum atomic E-state index is -0.560. The van der Waals surface area contributed by atoms with E-state index in [1.54, 1.807) is 23.2 Å². The molecule has 3 aromatic rings. The summed E-state index contributed by atoms with van der Waals surface area (Å²) >= 11 is 0. The van der Waals surface area contributed by atoms with Crippen LogP contribution in [0.3, 0.4) is 0 Å². The summed E-state index contributed by atoms with van der Waals surface area (Å²) in [5.41, 5.74) is 2.67. The van der Waals surface area contributed by atoms with Crippen molar-refractivity contribution in [2.45, 2.75) is 25.0 Å². The number of aromatic amines is 1. The highest BCUT2D eigenvalue weighted by Crippen LogP contribution is 2.33. The van der Waals surface area contributed by atoms with Gasteiger partial charge in [0.05, 0.1) is 30.3 Å². The summed E-state index contributed by atoms with van der Waals surface area (Å²) in [4.78, 5) is 14.5. The summed E-state index contributed by atoms with van der Waals surface area (Å²) in [6, 6.07) is 11.6. The fourth-order valence-corrected chi connectivity index (χ4v) is 3.47. The van der Waals surface area contributed by atoms with E-state index in [0.29, 0.717) is 13.0 Å². The number of amides is 1. The highest BCUT2D eigenvalue weighted by molar-refractivity contribution is 5.83. The van der Waals surface area contributed by atoms with Crippen molar-refractivity contribution in [3.63, 3.8) is 0 Å². The van der Waals surface area contributed by atoms with Crippen molar-refractivity contribution >= 4 is 16.8 Å². The number of benzene rings is 2. The molecule has 6 heteroatoms. The lowest BCUT2D eigenvalue weighted by Gasteiger charge is -2.25. The van der Waals surface area contributed by atoms with E-state index in [1.807, 2.05) is 18.2 Å². The molecule has 1 aromatic heterocycles. The minimum absolute atomic E-state index is 0.0475. The van der Waals surface area contributed by atoms with Crippen molar-refractivity contribution < 1.29 is 14.3 Å². The van der Waals surface area contributed by atoms with Crippen LogP contribution in [0.2, 0.25) is 0 Å². The molecule has 1 saturated heterocycles. The maximum absolute atomic E-state index is 13.2. The molecule has 128 valence electrons. The Morgan fingerprint density at radius 3 is 2.88 bits per heavy atom. The van der Waals surface area contributed by atoms with Gasteiger partial charge in [0, 0.05) is 11.9 Å². The normalized spacial score (nSPS) is 20.3. The van der Waals surface area contributed by atoms with E-state index in [2.05, 4.69) is 10.2 Å². The number of β-amino-alcohol motifs (C(OH)–C–C–N with tert-alkyl or cyclic N) is 1. The van der Waals surface area contributed by atoms with Crippen LogP contribution in [-0.4, -0.2) is 38.8 Å². The predicted molar refractivity (Wildman–Crippen MR) is 91.3 cm³/mol. The van der Waals surface area contributed by atoms with Crippen molar-refractivity contribution in [3.8, 4) is 0 Å². The third kappa shape index (κ3) is 3.13. The number of H-pyrrole nitrogens is 1. The first-order valence-corrected chi connectivity index (χ1v) is 8.25. The first-order chi connectivity index (χ1) is 12.1. The molecule has 0 saturated carbocycles. The summed E-state index contributed by atoms with van der Waals surface area (Å²) in [5.74, 6) is -0.359. The van der Waals surface area contributed by atoms with Gasteiger partial charge < -0.3 is 10.0 Å². The maximum Gasteiger partial charge on any atom is 0.227 e. The number of hydrogen-bond donors (Lipinski definition) is 2. The molecule has 2 N–H and O–H groups in total. The summed E-state index contributed by atoms with van der Waals surface area (Å²) in [6.07, 6.45) is 1.89. The Morgan fingerprint density at radius 2 is 2.08 bits per heavy atom. The van der Waals surface area contributed by atoms with Crippen molar-refractivity contribution in [1.82, 2.24) is 15.1 Å². The number of aliphatic hydroxyl groups excluding tert-OH is 1. The largest absolute Gasteiger partial charge is 0.391 e. The van der Waals surface area contributed by atoms with E-state index < -0.39 is 6.10 Å². The van der Waals surface area contributed by atoms with E-state index in [-0.39, 0.29) is 24.2 Å². The molecule has 1 fully saturated rings. The van der Waals surface area contributed by atoms with E-state index in [4.69, 9.17) is 0 Å². The van der Waals surface area contributed by atoms with Crippen molar-refractivity contribution in [2.75, 3.05) is 6.54 Å². The number of halogens is 1. The number of hydrogen-bond acceptors (Lipinski definition) is 3. The van der Waals surface area contributed by atoms with E-state index in [1.165, 1.54) is 12.1 Å². The maximum atomic E-state index is 13.2. The quantitative estimate of drug-likeness (QED) is 0.771. The Balaban J connectivity index is 1.55. The molecule has 1 aliphatic rings. The van der Waals surface area contributed by atoms with Crippen LogP contribution >= 0.6 is 0 Å². The molecule has 25 heavy (non-hydrogen) atoms. The number of nitrogens with zero attached hydrogens (tertiary/aromatic N) is 2. The zero-order chi connectivity index (χ0) is 17.4. The fraction of sp³-hybridized carbons (Fsp3) is 0.263. The lowest BCUT2D eigenvalue weighted by atomic mass is 10.0. The molecule has 2 aromatic carbocycles. The van der Waals surface area contributed by atoms with Crippen LogP contribution in [0.25, 0.3) is 10.9 Å². The van der Waals surface area contributed by atoms with Crippen LogP contribution in [0.4, 0.5) is 4.39 Å². The number of fused-ring (bicyclic) bond motifs is 1. The van der Waals surface area contributed by atoms with Crippen LogP contribution in [0.1, 0.15) is 23.6 Å². The van der Waals surface area contributed by atoms with Crippen LogP contribution in [0.5, 0.6) is 0 Å². The first-order valence-electron chi connectivity index (χ1n) is 8.25. The Morgan fingerprint density at radius 1 is 1.28 bits per heavy atom. The van der Waals surface area contributed by atoms with Crippen LogP contribution < -0.4 is 0 Å². The Bertz CT molecular complexity index is 906. The van der Waals surface area contributed by atoms with Gasteiger partial charge in [0.15, 0.2) is 0 Å². The van der Waals surface area contributed by atoms with Crippen LogP contribution in [0.15, 0.2) is 48.7 Å². The Labute approximate surface area is 144 Å². The van der Waals surface area contributed by atoms with Crippen molar-refractivity contribution in [1.29, 1.82) is 0 Å². The first kappa shape index (κ1) is 15.8. The molecule has 2 heterocycles. The second-order valence-electron chi connectivity index (χ2n) is 6.47. The van der Waals surface area contributed by atoms with Crippen LogP contribution in [-0.2, 0) is 11.2 Å². The van der Waals surface area contributed by atoms with Gasteiger partial charge in [-0.05, 0) is 41.8 Å². The lowest BCUT2D eigenvalue weighted by molar-refractivity contribution is -0.131. The molecule has 0 spiro atoms. The monoisotopic (exact) mass is 339 g/mol. The van der Waals surface area contributed by atoms with Crippen molar-refractivity contribution in [3.05, 3.63) is 65.6 Å². The topological polar surface area (TPSA) is 69.2 Å². The number of likely N-dealkylation sites (tertiary alicyclic amines) is 1. The summed E-state index contributed by atoms with van der Waals surface area (Å²) in [7, 11) is 0. The van der Waals surface area contributed by atoms with Gasteiger partial charge >= 0.3 is 0 Å². The number of aliphatic hydroxyl groups is 1. The number of carbonyl (C=O) groups excluding carboxylic acids is 1. The highest BCUT2D eigenvalue weighted by Gasteiger charge is 2.35. The molecule has 0 bridgehead atoms. The molecule has 1 amide bonds. The molecule has 5 nitrogen and oxygen atoms in total. The van der Waals surface area contributed by atoms with Crippen LogP contribution in [0, 0.1) is 5.82 Å². The van der Waals surface area contributed by atoms with E-state index >= 15 is 0 Å². The molecular weight excluding hydrogens is 321 g/mol. The average molecular weight is 339 g/mol. The van der Waals surface area contributed by atoms with Gasteiger partial charge in [-0.3, -0.25) is 9.89 Å². The second kappa shape index (κ2) is 6.29. The smallest absolute Gasteiger partial charge is 0.227 e. The zero-order valence-corrected chi connectivity index (χ0v) is 13.5. The predicted octanol–water partition coefficient (Wildman–Crippen LogP) is 2.58. The molecule has 1 aliphatic heterocycles. The Kier molecular flexibility index (Phi) is 3.97. The van der Waals surface area contributed by atoms with Gasteiger partial charge in [-0.2, -0.15) is 5.10 Å². The average Bonchev–Trinajstić information content (AvgIpc) is 3.21. The third-order valence-corrected chi connectivity index (χ3v) is 4.71. The molecule has 2 atom stereocenters. The fourth-order valence-electron chi connectivity index (χ4n) is 3.47. The zero-order valence-electron chi connectivity index (χ0n) is 13.5. The lowest BCUT2D eigenvalue weighted by Crippen LogP contribution is -2.33. The van der Waals surface area contributed by atoms with Gasteiger partial charge in [0.25, 0.3) is 0 Å². The molecule has 0 radical (unpaired) electrons. The SMILES string of the molecule is O=C(Cc1ccc2[nH]ncc2c1)N1C[C@H](O)C[C@H]1c1ccc(F)cc1. The number of carbonyl (C=O) groups is 1.